The molecule has 4 aliphatic heterocycles. The standard InChI is InChI=1S/C20H29N5O4S/c26-20(18-9-19(29-23-18)12-1-2-12)22-13-7-14-3-4-15(8-13)24(14)30(27,28)25-16-5-6-17(25)11-21-10-16/h9,12-17,21H,1-8,10-11H2,(H,22,26)/t13?,14-,15+,16?,17?. The van der Waals surface area contributed by atoms with Gasteiger partial charge in [-0.1, -0.05) is 5.16 Å². The molecule has 30 heavy (non-hydrogen) atoms. The Balaban J connectivity index is 1.14. The van der Waals surface area contributed by atoms with Crippen LogP contribution in [0.1, 0.15) is 73.5 Å². The maximum atomic E-state index is 13.6. The van der Waals surface area contributed by atoms with Gasteiger partial charge in [0.25, 0.3) is 16.1 Å². The van der Waals surface area contributed by atoms with Crippen LogP contribution >= 0.6 is 0 Å². The second-order valence-electron chi connectivity index (χ2n) is 9.63. The highest BCUT2D eigenvalue weighted by Crippen LogP contribution is 2.42. The monoisotopic (exact) mass is 435 g/mol. The summed E-state index contributed by atoms with van der Waals surface area (Å²) in [5.74, 6) is 1.00. The number of rotatable bonds is 5. The fourth-order valence-electron chi connectivity index (χ4n) is 6.07. The molecule has 1 amide bonds. The first-order valence-corrected chi connectivity index (χ1v) is 12.7. The van der Waals surface area contributed by atoms with Gasteiger partial charge < -0.3 is 15.2 Å². The van der Waals surface area contributed by atoms with Gasteiger partial charge in [-0.05, 0) is 51.4 Å². The van der Waals surface area contributed by atoms with E-state index < -0.39 is 10.2 Å². The molecule has 5 atom stereocenters. The minimum atomic E-state index is -3.47. The highest BCUT2D eigenvalue weighted by Gasteiger charge is 2.53. The Bertz CT molecular complexity index is 915. The lowest BCUT2D eigenvalue weighted by atomic mass is 9.99. The van der Waals surface area contributed by atoms with E-state index in [1.165, 1.54) is 0 Å². The molecule has 5 aliphatic rings. The molecule has 164 valence electrons. The summed E-state index contributed by atoms with van der Waals surface area (Å²) in [6, 6.07) is 1.82. The van der Waals surface area contributed by atoms with Gasteiger partial charge in [0.2, 0.25) is 0 Å². The smallest absolute Gasteiger partial charge is 0.283 e. The van der Waals surface area contributed by atoms with Crippen LogP contribution in [0.25, 0.3) is 0 Å². The predicted molar refractivity (Wildman–Crippen MR) is 108 cm³/mol. The molecule has 0 aromatic carbocycles. The summed E-state index contributed by atoms with van der Waals surface area (Å²) in [6.07, 6.45) is 7.15. The van der Waals surface area contributed by atoms with Crippen molar-refractivity contribution in [2.24, 2.45) is 0 Å². The number of carbonyl (C=O) groups is 1. The molecule has 1 aliphatic carbocycles. The molecule has 1 aromatic rings. The van der Waals surface area contributed by atoms with E-state index in [-0.39, 0.29) is 36.1 Å². The lowest BCUT2D eigenvalue weighted by Crippen LogP contribution is -2.61. The van der Waals surface area contributed by atoms with Crippen LogP contribution in [-0.2, 0) is 10.2 Å². The number of amides is 1. The number of piperazine rings is 1. The molecule has 0 radical (unpaired) electrons. The maximum Gasteiger partial charge on any atom is 0.283 e. The van der Waals surface area contributed by atoms with Crippen molar-refractivity contribution in [2.75, 3.05) is 13.1 Å². The van der Waals surface area contributed by atoms with Crippen LogP contribution in [-0.4, -0.2) is 71.4 Å². The summed E-state index contributed by atoms with van der Waals surface area (Å²) in [5, 5.41) is 10.4. The average molecular weight is 436 g/mol. The van der Waals surface area contributed by atoms with E-state index in [2.05, 4.69) is 15.8 Å². The maximum absolute atomic E-state index is 13.6. The summed E-state index contributed by atoms with van der Waals surface area (Å²) in [6.45, 7) is 1.50. The van der Waals surface area contributed by atoms with Gasteiger partial charge in [-0.3, -0.25) is 4.79 Å². The van der Waals surface area contributed by atoms with Gasteiger partial charge in [-0.25, -0.2) is 0 Å². The molecule has 4 bridgehead atoms. The van der Waals surface area contributed by atoms with Crippen molar-refractivity contribution in [1.82, 2.24) is 24.4 Å². The highest BCUT2D eigenvalue weighted by atomic mass is 32.2. The first-order chi connectivity index (χ1) is 14.5. The lowest BCUT2D eigenvalue weighted by molar-refractivity contribution is 0.0896. The first-order valence-electron chi connectivity index (χ1n) is 11.3. The van der Waals surface area contributed by atoms with E-state index in [0.717, 1.165) is 57.4 Å². The first kappa shape index (κ1) is 19.2. The average Bonchev–Trinajstić information content (AvgIpc) is 3.28. The van der Waals surface area contributed by atoms with E-state index in [9.17, 15) is 13.2 Å². The van der Waals surface area contributed by atoms with E-state index in [1.807, 2.05) is 0 Å². The zero-order valence-electron chi connectivity index (χ0n) is 17.0. The third-order valence-corrected chi connectivity index (χ3v) is 9.85. The van der Waals surface area contributed by atoms with Gasteiger partial charge in [0.05, 0.1) is 0 Å². The van der Waals surface area contributed by atoms with Crippen LogP contribution in [0.15, 0.2) is 10.6 Å². The minimum absolute atomic E-state index is 0.0257. The van der Waals surface area contributed by atoms with Crippen LogP contribution in [0.4, 0.5) is 0 Å². The summed E-state index contributed by atoms with van der Waals surface area (Å²) in [4.78, 5) is 12.6. The molecule has 4 saturated heterocycles. The molecular formula is C20H29N5O4S. The molecule has 10 heteroatoms. The van der Waals surface area contributed by atoms with E-state index in [1.54, 1.807) is 14.7 Å². The van der Waals surface area contributed by atoms with E-state index in [0.29, 0.717) is 24.5 Å². The zero-order valence-corrected chi connectivity index (χ0v) is 17.8. The molecule has 6 rings (SSSR count). The van der Waals surface area contributed by atoms with Crippen molar-refractivity contribution in [1.29, 1.82) is 0 Å². The van der Waals surface area contributed by atoms with Gasteiger partial charge in [0.1, 0.15) is 5.76 Å². The van der Waals surface area contributed by atoms with Crippen LogP contribution in [0.3, 0.4) is 0 Å². The van der Waals surface area contributed by atoms with Gasteiger partial charge in [0.15, 0.2) is 5.69 Å². The fraction of sp³-hybridized carbons (Fsp3) is 0.800. The lowest BCUT2D eigenvalue weighted by Gasteiger charge is -2.43. The molecule has 2 N–H and O–H groups in total. The Kier molecular flexibility index (Phi) is 4.49. The Labute approximate surface area is 176 Å². The van der Waals surface area contributed by atoms with Crippen LogP contribution in [0.2, 0.25) is 0 Å². The fourth-order valence-corrected chi connectivity index (χ4v) is 8.54. The Hall–Kier alpha value is -1.49. The van der Waals surface area contributed by atoms with Gasteiger partial charge >= 0.3 is 0 Å². The van der Waals surface area contributed by atoms with Gasteiger partial charge in [-0.2, -0.15) is 17.0 Å². The number of carbonyl (C=O) groups excluding carboxylic acids is 1. The number of aromatic nitrogens is 1. The van der Waals surface area contributed by atoms with Crippen molar-refractivity contribution < 1.29 is 17.7 Å². The number of hydrogen-bond acceptors (Lipinski definition) is 6. The van der Waals surface area contributed by atoms with Gasteiger partial charge in [0, 0.05) is 55.3 Å². The second kappa shape index (κ2) is 7.01. The number of fused-ring (bicyclic) bond motifs is 4. The molecule has 1 aromatic heterocycles. The normalized spacial score (nSPS) is 36.9. The molecule has 5 fully saturated rings. The molecule has 9 nitrogen and oxygen atoms in total. The molecule has 0 spiro atoms. The minimum Gasteiger partial charge on any atom is -0.360 e. The van der Waals surface area contributed by atoms with Crippen molar-refractivity contribution in [2.45, 2.75) is 87.5 Å². The van der Waals surface area contributed by atoms with Gasteiger partial charge in [-0.15, -0.1) is 0 Å². The summed E-state index contributed by atoms with van der Waals surface area (Å²) in [7, 11) is -3.47. The molecule has 3 unspecified atom stereocenters. The number of piperidine rings is 1. The number of hydrogen-bond donors (Lipinski definition) is 2. The largest absolute Gasteiger partial charge is 0.360 e. The predicted octanol–water partition coefficient (Wildman–Crippen LogP) is 0.958. The summed E-state index contributed by atoms with van der Waals surface area (Å²) < 4.78 is 36.1. The quantitative estimate of drug-likeness (QED) is 0.713. The summed E-state index contributed by atoms with van der Waals surface area (Å²) >= 11 is 0. The van der Waals surface area contributed by atoms with Crippen molar-refractivity contribution in [3.05, 3.63) is 17.5 Å². The second-order valence-corrected chi connectivity index (χ2v) is 11.4. The van der Waals surface area contributed by atoms with Crippen LogP contribution in [0.5, 0.6) is 0 Å². The van der Waals surface area contributed by atoms with Crippen molar-refractivity contribution in [3.63, 3.8) is 0 Å². The van der Waals surface area contributed by atoms with Crippen LogP contribution in [0, 0.1) is 0 Å². The third kappa shape index (κ3) is 3.11. The Morgan fingerprint density at radius 3 is 2.23 bits per heavy atom. The molecular weight excluding hydrogens is 406 g/mol. The number of nitrogens with zero attached hydrogens (tertiary/aromatic N) is 3. The van der Waals surface area contributed by atoms with Crippen molar-refractivity contribution in [3.8, 4) is 0 Å². The number of nitrogens with one attached hydrogen (secondary N) is 2. The topological polar surface area (TPSA) is 108 Å². The highest BCUT2D eigenvalue weighted by molar-refractivity contribution is 7.86. The van der Waals surface area contributed by atoms with E-state index in [4.69, 9.17) is 4.52 Å². The molecule has 1 saturated carbocycles. The van der Waals surface area contributed by atoms with Crippen LogP contribution < -0.4 is 10.6 Å². The Morgan fingerprint density at radius 1 is 1.00 bits per heavy atom. The SMILES string of the molecule is O=C(NC1C[C@H]2CC[C@@H](C1)N2S(=O)(=O)N1C2CCC1CNC2)c1cc(C2CC2)on1. The molecule has 5 heterocycles. The summed E-state index contributed by atoms with van der Waals surface area (Å²) in [5.41, 5.74) is 0.330. The zero-order chi connectivity index (χ0) is 20.5. The van der Waals surface area contributed by atoms with Crippen molar-refractivity contribution >= 4 is 16.1 Å². The Morgan fingerprint density at radius 2 is 1.60 bits per heavy atom. The van der Waals surface area contributed by atoms with E-state index >= 15 is 0 Å². The third-order valence-electron chi connectivity index (χ3n) is 7.59.